The smallest absolute Gasteiger partial charge is 0.255 e. The van der Waals surface area contributed by atoms with Crippen molar-refractivity contribution in [1.29, 1.82) is 0 Å². The third-order valence-electron chi connectivity index (χ3n) is 4.67. The van der Waals surface area contributed by atoms with Gasteiger partial charge in [-0.25, -0.2) is 0 Å². The van der Waals surface area contributed by atoms with Crippen LogP contribution < -0.4 is 5.32 Å². The molecule has 0 spiro atoms. The van der Waals surface area contributed by atoms with E-state index in [-0.39, 0.29) is 23.0 Å². The number of anilines is 1. The first-order valence-electron chi connectivity index (χ1n) is 9.35. The molecule has 0 bridgehead atoms. The lowest BCUT2D eigenvalue weighted by atomic mass is 9.83. The van der Waals surface area contributed by atoms with Gasteiger partial charge in [-0.1, -0.05) is 56.3 Å². The molecular formula is C24H19NO3S. The predicted octanol–water partition coefficient (Wildman–Crippen LogP) is 5.21. The first-order chi connectivity index (χ1) is 14.0. The number of hydrogen-bond acceptors (Lipinski definition) is 4. The second-order valence-corrected chi connectivity index (χ2v) is 8.73. The van der Waals surface area contributed by atoms with Crippen LogP contribution >= 0.6 is 11.8 Å². The minimum Gasteiger partial charge on any atom is -0.321 e. The number of carbonyl (C=O) groups is 3. The Morgan fingerprint density at radius 2 is 1.48 bits per heavy atom. The SMILES string of the molecule is CC(C)Sc1cccc(C(=O)Nc2cccc3c2C(=O)c2ccccc2C3=O)c1. The molecular weight excluding hydrogens is 382 g/mol. The van der Waals surface area contributed by atoms with Gasteiger partial charge in [-0.15, -0.1) is 11.8 Å². The van der Waals surface area contributed by atoms with Gasteiger partial charge in [0, 0.05) is 32.4 Å². The average molecular weight is 401 g/mol. The highest BCUT2D eigenvalue weighted by Gasteiger charge is 2.31. The Kier molecular flexibility index (Phi) is 5.07. The molecule has 0 aromatic heterocycles. The summed E-state index contributed by atoms with van der Waals surface area (Å²) in [6.07, 6.45) is 0. The number of carbonyl (C=O) groups excluding carboxylic acids is 3. The molecule has 0 unspecified atom stereocenters. The normalized spacial score (nSPS) is 12.5. The number of thioether (sulfide) groups is 1. The van der Waals surface area contributed by atoms with Crippen molar-refractivity contribution in [2.24, 2.45) is 0 Å². The van der Waals surface area contributed by atoms with Crippen LogP contribution in [0.3, 0.4) is 0 Å². The predicted molar refractivity (Wildman–Crippen MR) is 115 cm³/mol. The Morgan fingerprint density at radius 3 is 2.21 bits per heavy atom. The highest BCUT2D eigenvalue weighted by Crippen LogP contribution is 2.32. The van der Waals surface area contributed by atoms with E-state index in [1.807, 2.05) is 18.2 Å². The fraction of sp³-hybridized carbons (Fsp3) is 0.125. The van der Waals surface area contributed by atoms with Crippen molar-refractivity contribution >= 4 is 34.9 Å². The van der Waals surface area contributed by atoms with Gasteiger partial charge in [0.1, 0.15) is 0 Å². The van der Waals surface area contributed by atoms with Gasteiger partial charge in [0.05, 0.1) is 11.3 Å². The fourth-order valence-electron chi connectivity index (χ4n) is 3.43. The summed E-state index contributed by atoms with van der Waals surface area (Å²) in [6.45, 7) is 4.18. The minimum absolute atomic E-state index is 0.207. The molecule has 0 radical (unpaired) electrons. The fourth-order valence-corrected chi connectivity index (χ4v) is 4.32. The highest BCUT2D eigenvalue weighted by atomic mass is 32.2. The minimum atomic E-state index is -0.316. The maximum Gasteiger partial charge on any atom is 0.255 e. The van der Waals surface area contributed by atoms with Crippen molar-refractivity contribution in [3.05, 3.63) is 94.5 Å². The topological polar surface area (TPSA) is 63.2 Å². The third-order valence-corrected chi connectivity index (χ3v) is 5.67. The van der Waals surface area contributed by atoms with Crippen molar-refractivity contribution < 1.29 is 14.4 Å². The molecule has 0 saturated heterocycles. The van der Waals surface area contributed by atoms with Crippen LogP contribution in [0.5, 0.6) is 0 Å². The number of amides is 1. The van der Waals surface area contributed by atoms with Gasteiger partial charge in [-0.05, 0) is 24.3 Å². The van der Waals surface area contributed by atoms with Crippen LogP contribution in [0.2, 0.25) is 0 Å². The summed E-state index contributed by atoms with van der Waals surface area (Å²) in [5.41, 5.74) is 2.17. The maximum atomic E-state index is 13.1. The molecule has 0 saturated carbocycles. The van der Waals surface area contributed by atoms with E-state index < -0.39 is 0 Å². The van der Waals surface area contributed by atoms with E-state index >= 15 is 0 Å². The molecule has 4 nitrogen and oxygen atoms in total. The zero-order valence-corrected chi connectivity index (χ0v) is 16.9. The van der Waals surface area contributed by atoms with Gasteiger partial charge in [0.25, 0.3) is 5.91 Å². The van der Waals surface area contributed by atoms with Gasteiger partial charge in [0.15, 0.2) is 11.6 Å². The molecule has 144 valence electrons. The molecule has 1 aliphatic rings. The molecule has 0 atom stereocenters. The number of rotatable bonds is 4. The van der Waals surface area contributed by atoms with Gasteiger partial charge in [-0.3, -0.25) is 14.4 Å². The van der Waals surface area contributed by atoms with E-state index in [0.717, 1.165) is 4.90 Å². The second kappa shape index (κ2) is 7.68. The van der Waals surface area contributed by atoms with E-state index in [9.17, 15) is 14.4 Å². The van der Waals surface area contributed by atoms with Crippen LogP contribution in [-0.4, -0.2) is 22.7 Å². The van der Waals surface area contributed by atoms with Gasteiger partial charge in [0.2, 0.25) is 0 Å². The molecule has 1 aliphatic carbocycles. The first-order valence-corrected chi connectivity index (χ1v) is 10.2. The van der Waals surface area contributed by atoms with Gasteiger partial charge < -0.3 is 5.32 Å². The van der Waals surface area contributed by atoms with E-state index in [1.165, 1.54) is 0 Å². The Morgan fingerprint density at radius 1 is 0.828 bits per heavy atom. The summed E-state index contributed by atoms with van der Waals surface area (Å²) < 4.78 is 0. The quantitative estimate of drug-likeness (QED) is 0.477. The summed E-state index contributed by atoms with van der Waals surface area (Å²) in [4.78, 5) is 39.8. The molecule has 5 heteroatoms. The molecule has 0 heterocycles. The lowest BCUT2D eigenvalue weighted by Gasteiger charge is -2.20. The van der Waals surface area contributed by atoms with Crippen LogP contribution in [0.25, 0.3) is 0 Å². The Balaban J connectivity index is 1.69. The molecule has 29 heavy (non-hydrogen) atoms. The maximum absolute atomic E-state index is 13.1. The summed E-state index contributed by atoms with van der Waals surface area (Å²) in [5.74, 6) is -0.777. The molecule has 1 amide bonds. The van der Waals surface area contributed by atoms with E-state index in [1.54, 1.807) is 60.3 Å². The van der Waals surface area contributed by atoms with E-state index in [2.05, 4.69) is 19.2 Å². The highest BCUT2D eigenvalue weighted by molar-refractivity contribution is 7.99. The Labute approximate surface area is 173 Å². The van der Waals surface area contributed by atoms with Crippen LogP contribution in [0.1, 0.15) is 56.0 Å². The monoisotopic (exact) mass is 401 g/mol. The van der Waals surface area contributed by atoms with Gasteiger partial charge >= 0.3 is 0 Å². The molecule has 3 aromatic rings. The molecule has 3 aromatic carbocycles. The van der Waals surface area contributed by atoms with Crippen molar-refractivity contribution in [3.63, 3.8) is 0 Å². The number of hydrogen-bond donors (Lipinski definition) is 1. The first kappa shape index (κ1) is 19.2. The second-order valence-electron chi connectivity index (χ2n) is 7.08. The average Bonchev–Trinajstić information content (AvgIpc) is 2.71. The Hall–Kier alpha value is -3.18. The number of benzene rings is 3. The van der Waals surface area contributed by atoms with E-state index in [0.29, 0.717) is 33.2 Å². The Bertz CT molecular complexity index is 1150. The molecule has 4 rings (SSSR count). The van der Waals surface area contributed by atoms with E-state index in [4.69, 9.17) is 0 Å². The summed E-state index contributed by atoms with van der Waals surface area (Å²) >= 11 is 1.67. The van der Waals surface area contributed by atoms with Crippen LogP contribution in [-0.2, 0) is 0 Å². The lowest BCUT2D eigenvalue weighted by Crippen LogP contribution is -2.23. The summed E-state index contributed by atoms with van der Waals surface area (Å²) in [6, 6.07) is 19.1. The van der Waals surface area contributed by atoms with Crippen LogP contribution in [0.4, 0.5) is 5.69 Å². The van der Waals surface area contributed by atoms with Crippen LogP contribution in [0.15, 0.2) is 71.6 Å². The number of nitrogens with one attached hydrogen (secondary N) is 1. The van der Waals surface area contributed by atoms with Crippen LogP contribution in [0, 0.1) is 0 Å². The van der Waals surface area contributed by atoms with Crippen molar-refractivity contribution in [1.82, 2.24) is 0 Å². The number of fused-ring (bicyclic) bond motifs is 2. The van der Waals surface area contributed by atoms with Crippen molar-refractivity contribution in [3.8, 4) is 0 Å². The lowest BCUT2D eigenvalue weighted by molar-refractivity contribution is 0.0978. The molecule has 0 fully saturated rings. The number of ketones is 2. The standard InChI is InChI=1S/C24H19NO3S/c1-14(2)29-16-8-5-7-15(13-16)24(28)25-20-12-6-11-19-21(20)23(27)18-10-4-3-9-17(18)22(19)26/h3-14H,1-2H3,(H,25,28). The molecule has 0 aliphatic heterocycles. The zero-order chi connectivity index (χ0) is 20.5. The molecule has 1 N–H and O–H groups in total. The van der Waals surface area contributed by atoms with Crippen molar-refractivity contribution in [2.45, 2.75) is 24.0 Å². The summed E-state index contributed by atoms with van der Waals surface area (Å²) in [7, 11) is 0. The zero-order valence-electron chi connectivity index (χ0n) is 16.1. The largest absolute Gasteiger partial charge is 0.321 e. The third kappa shape index (κ3) is 3.61. The summed E-state index contributed by atoms with van der Waals surface area (Å²) in [5, 5.41) is 3.23. The van der Waals surface area contributed by atoms with Gasteiger partial charge in [-0.2, -0.15) is 0 Å². The van der Waals surface area contributed by atoms with Crippen molar-refractivity contribution in [2.75, 3.05) is 5.32 Å².